The Kier molecular flexibility index (Phi) is 5.69. The zero-order valence-corrected chi connectivity index (χ0v) is 14.7. The van der Waals surface area contributed by atoms with Gasteiger partial charge in [0.1, 0.15) is 5.82 Å². The van der Waals surface area contributed by atoms with Crippen LogP contribution in [-0.2, 0) is 10.0 Å². The first kappa shape index (κ1) is 18.1. The van der Waals surface area contributed by atoms with Gasteiger partial charge in [-0.1, -0.05) is 13.0 Å². The van der Waals surface area contributed by atoms with Crippen molar-refractivity contribution in [2.75, 3.05) is 5.32 Å². The number of nitrogens with one attached hydrogen (secondary N) is 2. The average Bonchev–Trinajstić information content (AvgIpc) is 2.54. The first-order valence-corrected chi connectivity index (χ1v) is 9.17. The van der Waals surface area contributed by atoms with Crippen molar-refractivity contribution < 1.29 is 13.2 Å². The van der Waals surface area contributed by atoms with Gasteiger partial charge in [0.15, 0.2) is 0 Å². The molecular weight excluding hydrogens is 326 g/mol. The van der Waals surface area contributed by atoms with Crippen molar-refractivity contribution in [2.45, 2.75) is 38.1 Å². The van der Waals surface area contributed by atoms with E-state index in [0.29, 0.717) is 17.8 Å². The number of carbonyl (C=O) groups is 1. The van der Waals surface area contributed by atoms with E-state index in [-0.39, 0.29) is 16.8 Å². The Morgan fingerprint density at radius 1 is 1.17 bits per heavy atom. The lowest BCUT2D eigenvalue weighted by molar-refractivity contribution is 0.102. The number of aromatic nitrogens is 1. The van der Waals surface area contributed by atoms with E-state index >= 15 is 0 Å². The van der Waals surface area contributed by atoms with Gasteiger partial charge in [-0.2, -0.15) is 0 Å². The van der Waals surface area contributed by atoms with E-state index in [4.69, 9.17) is 0 Å². The van der Waals surface area contributed by atoms with E-state index in [9.17, 15) is 13.2 Å². The van der Waals surface area contributed by atoms with Gasteiger partial charge in [0.2, 0.25) is 10.0 Å². The van der Waals surface area contributed by atoms with E-state index in [1.54, 1.807) is 19.1 Å². The van der Waals surface area contributed by atoms with Gasteiger partial charge in [-0.3, -0.25) is 4.79 Å². The van der Waals surface area contributed by atoms with E-state index in [1.165, 1.54) is 24.3 Å². The van der Waals surface area contributed by atoms with Crippen LogP contribution in [0.1, 0.15) is 36.3 Å². The molecule has 0 bridgehead atoms. The summed E-state index contributed by atoms with van der Waals surface area (Å²) in [5.74, 6) is 0.113. The number of rotatable bonds is 6. The highest BCUT2D eigenvalue weighted by Gasteiger charge is 2.17. The number of nitrogens with zero attached hydrogens (tertiary/aromatic N) is 1. The number of aryl methyl sites for hydroxylation is 1. The molecule has 1 aromatic heterocycles. The Labute approximate surface area is 142 Å². The predicted octanol–water partition coefficient (Wildman–Crippen LogP) is 2.72. The summed E-state index contributed by atoms with van der Waals surface area (Å²) < 4.78 is 27.0. The monoisotopic (exact) mass is 347 g/mol. The highest BCUT2D eigenvalue weighted by molar-refractivity contribution is 7.89. The number of amides is 1. The fourth-order valence-electron chi connectivity index (χ4n) is 2.00. The first-order valence-electron chi connectivity index (χ1n) is 7.69. The molecule has 2 aromatic rings. The quantitative estimate of drug-likeness (QED) is 0.841. The van der Waals surface area contributed by atoms with Crippen molar-refractivity contribution in [3.05, 3.63) is 53.7 Å². The standard InChI is InChI=1S/C17H21N3O3S/c1-4-12(2)20-24(22,23)15-10-8-14(9-11-15)17(21)19-16-7-5-6-13(3)18-16/h5-12,20H,4H2,1-3H3,(H,18,19,21)/t12-/m0/s1. The highest BCUT2D eigenvalue weighted by Crippen LogP contribution is 2.13. The number of anilines is 1. The SMILES string of the molecule is CC[C@H](C)NS(=O)(=O)c1ccc(C(=O)Nc2cccc(C)n2)cc1. The van der Waals surface area contributed by atoms with Crippen LogP contribution in [-0.4, -0.2) is 25.4 Å². The van der Waals surface area contributed by atoms with Crippen LogP contribution < -0.4 is 10.0 Å². The molecule has 0 aliphatic rings. The van der Waals surface area contributed by atoms with Crippen LogP contribution in [0, 0.1) is 6.92 Å². The average molecular weight is 347 g/mol. The molecule has 1 atom stereocenters. The maximum atomic E-state index is 12.2. The van der Waals surface area contributed by atoms with Crippen LogP contribution in [0.4, 0.5) is 5.82 Å². The topological polar surface area (TPSA) is 88.2 Å². The van der Waals surface area contributed by atoms with Gasteiger partial charge in [-0.05, 0) is 56.7 Å². The summed E-state index contributed by atoms with van der Waals surface area (Å²) in [6.45, 7) is 5.54. The third-order valence-corrected chi connectivity index (χ3v) is 5.13. The molecule has 0 radical (unpaired) electrons. The molecule has 1 heterocycles. The summed E-state index contributed by atoms with van der Waals surface area (Å²) in [5, 5.41) is 2.68. The molecule has 24 heavy (non-hydrogen) atoms. The second-order valence-electron chi connectivity index (χ2n) is 5.57. The predicted molar refractivity (Wildman–Crippen MR) is 93.4 cm³/mol. The number of hydrogen-bond acceptors (Lipinski definition) is 4. The maximum Gasteiger partial charge on any atom is 0.256 e. The minimum absolute atomic E-state index is 0.132. The molecule has 1 aromatic carbocycles. The molecule has 0 spiro atoms. The fourth-order valence-corrected chi connectivity index (χ4v) is 3.33. The lowest BCUT2D eigenvalue weighted by Crippen LogP contribution is -2.32. The van der Waals surface area contributed by atoms with Crippen LogP contribution in [0.15, 0.2) is 47.4 Å². The van der Waals surface area contributed by atoms with E-state index in [2.05, 4.69) is 15.0 Å². The van der Waals surface area contributed by atoms with E-state index in [0.717, 1.165) is 5.69 Å². The first-order chi connectivity index (χ1) is 11.3. The molecule has 7 heteroatoms. The van der Waals surface area contributed by atoms with Crippen molar-refractivity contribution in [2.24, 2.45) is 0 Å². The smallest absolute Gasteiger partial charge is 0.256 e. The summed E-state index contributed by atoms with van der Waals surface area (Å²) in [6.07, 6.45) is 0.698. The summed E-state index contributed by atoms with van der Waals surface area (Å²) in [6, 6.07) is 11.0. The Hall–Kier alpha value is -2.25. The summed E-state index contributed by atoms with van der Waals surface area (Å²) in [7, 11) is -3.57. The molecule has 0 aliphatic carbocycles. The van der Waals surface area contributed by atoms with Crippen LogP contribution in [0.25, 0.3) is 0 Å². The Morgan fingerprint density at radius 3 is 2.42 bits per heavy atom. The zero-order chi connectivity index (χ0) is 17.7. The van der Waals surface area contributed by atoms with Crippen LogP contribution in [0.5, 0.6) is 0 Å². The minimum Gasteiger partial charge on any atom is -0.307 e. The van der Waals surface area contributed by atoms with Gasteiger partial charge in [0.05, 0.1) is 4.90 Å². The van der Waals surface area contributed by atoms with E-state index < -0.39 is 10.0 Å². The molecule has 0 saturated heterocycles. The molecule has 128 valence electrons. The summed E-state index contributed by atoms with van der Waals surface area (Å²) in [5.41, 5.74) is 1.16. The lowest BCUT2D eigenvalue weighted by atomic mass is 10.2. The van der Waals surface area contributed by atoms with Crippen LogP contribution in [0.2, 0.25) is 0 Å². The largest absolute Gasteiger partial charge is 0.307 e. The molecule has 2 rings (SSSR count). The molecule has 6 nitrogen and oxygen atoms in total. The minimum atomic E-state index is -3.57. The lowest BCUT2D eigenvalue weighted by Gasteiger charge is -2.12. The molecule has 0 fully saturated rings. The number of carbonyl (C=O) groups excluding carboxylic acids is 1. The molecular formula is C17H21N3O3S. The summed E-state index contributed by atoms with van der Waals surface area (Å²) >= 11 is 0. The molecule has 1 amide bonds. The molecule has 0 unspecified atom stereocenters. The zero-order valence-electron chi connectivity index (χ0n) is 13.9. The van der Waals surface area contributed by atoms with Crippen molar-refractivity contribution >= 4 is 21.7 Å². The highest BCUT2D eigenvalue weighted by atomic mass is 32.2. The third kappa shape index (κ3) is 4.62. The van der Waals surface area contributed by atoms with Crippen molar-refractivity contribution in [3.63, 3.8) is 0 Å². The number of hydrogen-bond donors (Lipinski definition) is 2. The molecule has 2 N–H and O–H groups in total. The van der Waals surface area contributed by atoms with Gasteiger partial charge in [-0.15, -0.1) is 0 Å². The third-order valence-electron chi connectivity index (χ3n) is 3.53. The Bertz CT molecular complexity index is 817. The van der Waals surface area contributed by atoms with Gasteiger partial charge >= 0.3 is 0 Å². The summed E-state index contributed by atoms with van der Waals surface area (Å²) in [4.78, 5) is 16.5. The van der Waals surface area contributed by atoms with Crippen molar-refractivity contribution in [1.82, 2.24) is 9.71 Å². The number of pyridine rings is 1. The number of benzene rings is 1. The maximum absolute atomic E-state index is 12.2. The molecule has 0 saturated carbocycles. The molecule has 0 aliphatic heterocycles. The Balaban J connectivity index is 2.12. The second kappa shape index (κ2) is 7.55. The second-order valence-corrected chi connectivity index (χ2v) is 7.29. The number of sulfonamides is 1. The van der Waals surface area contributed by atoms with Gasteiger partial charge in [0.25, 0.3) is 5.91 Å². The van der Waals surface area contributed by atoms with Gasteiger partial charge in [0, 0.05) is 17.3 Å². The van der Waals surface area contributed by atoms with Gasteiger partial charge < -0.3 is 5.32 Å². The van der Waals surface area contributed by atoms with Crippen molar-refractivity contribution in [1.29, 1.82) is 0 Å². The Morgan fingerprint density at radius 2 is 1.83 bits per heavy atom. The van der Waals surface area contributed by atoms with Crippen molar-refractivity contribution in [3.8, 4) is 0 Å². The fraction of sp³-hybridized carbons (Fsp3) is 0.294. The van der Waals surface area contributed by atoms with Crippen LogP contribution in [0.3, 0.4) is 0 Å². The van der Waals surface area contributed by atoms with Gasteiger partial charge in [-0.25, -0.2) is 18.1 Å². The van der Waals surface area contributed by atoms with E-state index in [1.807, 2.05) is 19.9 Å². The normalized spacial score (nSPS) is 12.6. The van der Waals surface area contributed by atoms with Crippen LogP contribution >= 0.6 is 0 Å².